The third-order valence-corrected chi connectivity index (χ3v) is 9.22. The highest BCUT2D eigenvalue weighted by Crippen LogP contribution is 2.63. The average molecular weight is 383 g/mol. The summed E-state index contributed by atoms with van der Waals surface area (Å²) >= 11 is 0. The lowest BCUT2D eigenvalue weighted by atomic mass is 9.53. The topological polar surface area (TPSA) is 20.2 Å². The molecule has 0 aromatic carbocycles. The molecule has 0 amide bonds. The minimum atomic E-state index is -0.238. The number of allylic oxidation sites excluding steroid dienone is 5. The van der Waals surface area contributed by atoms with Gasteiger partial charge in [0.05, 0.1) is 6.10 Å². The van der Waals surface area contributed by atoms with E-state index in [0.717, 1.165) is 30.6 Å². The summed E-state index contributed by atoms with van der Waals surface area (Å²) in [4.78, 5) is 0. The van der Waals surface area contributed by atoms with Gasteiger partial charge in [-0.3, -0.25) is 0 Å². The van der Waals surface area contributed by atoms with Crippen LogP contribution >= 0.6 is 0 Å². The molecule has 0 saturated heterocycles. The van der Waals surface area contributed by atoms with Gasteiger partial charge in [-0.2, -0.15) is 0 Å². The second-order valence-corrected chi connectivity index (χ2v) is 11.4. The van der Waals surface area contributed by atoms with E-state index in [-0.39, 0.29) is 11.5 Å². The van der Waals surface area contributed by atoms with Gasteiger partial charge in [-0.1, -0.05) is 77.7 Å². The van der Waals surface area contributed by atoms with Gasteiger partial charge in [-0.15, -0.1) is 0 Å². The molecular formula is C27H42O. The molecule has 1 N–H and O–H groups in total. The van der Waals surface area contributed by atoms with Crippen LogP contribution in [-0.2, 0) is 0 Å². The average Bonchev–Trinajstić information content (AvgIpc) is 2.99. The highest BCUT2D eigenvalue weighted by molar-refractivity contribution is 5.49. The third kappa shape index (κ3) is 3.26. The van der Waals surface area contributed by atoms with Crippen molar-refractivity contribution in [2.75, 3.05) is 0 Å². The van der Waals surface area contributed by atoms with E-state index in [2.05, 4.69) is 52.8 Å². The van der Waals surface area contributed by atoms with E-state index in [1.54, 1.807) is 5.57 Å². The lowest BCUT2D eigenvalue weighted by molar-refractivity contribution is 0.107. The maximum atomic E-state index is 10.1. The molecule has 156 valence electrons. The van der Waals surface area contributed by atoms with Crippen LogP contribution in [0.4, 0.5) is 0 Å². The van der Waals surface area contributed by atoms with Crippen molar-refractivity contribution in [1.82, 2.24) is 0 Å². The molecule has 0 spiro atoms. The number of fused-ring (bicyclic) bond motifs is 4. The molecular weight excluding hydrogens is 340 g/mol. The van der Waals surface area contributed by atoms with Crippen LogP contribution < -0.4 is 0 Å². The van der Waals surface area contributed by atoms with E-state index in [1.807, 2.05) is 5.57 Å². The molecule has 0 aromatic rings. The van der Waals surface area contributed by atoms with Crippen LogP contribution in [0.3, 0.4) is 0 Å². The summed E-state index contributed by atoms with van der Waals surface area (Å²) in [5.74, 6) is 3.23. The molecule has 0 heterocycles. The lowest BCUT2D eigenvalue weighted by Gasteiger charge is -2.51. The Labute approximate surface area is 173 Å². The molecule has 1 nitrogen and oxygen atoms in total. The maximum Gasteiger partial charge on any atom is 0.0727 e. The second kappa shape index (κ2) is 7.46. The summed E-state index contributed by atoms with van der Waals surface area (Å²) in [6.45, 7) is 12.3. The summed E-state index contributed by atoms with van der Waals surface area (Å²) < 4.78 is 0. The molecule has 0 bridgehead atoms. The summed E-state index contributed by atoms with van der Waals surface area (Å²) in [5.41, 5.74) is 5.59. The molecule has 1 saturated carbocycles. The smallest absolute Gasteiger partial charge is 0.0727 e. The predicted molar refractivity (Wildman–Crippen MR) is 119 cm³/mol. The summed E-state index contributed by atoms with van der Waals surface area (Å²) in [6, 6.07) is 0. The van der Waals surface area contributed by atoms with Crippen molar-refractivity contribution in [3.8, 4) is 0 Å². The Balaban J connectivity index is 1.60. The van der Waals surface area contributed by atoms with E-state index in [1.165, 1.54) is 50.5 Å². The van der Waals surface area contributed by atoms with Crippen LogP contribution in [0.25, 0.3) is 0 Å². The molecule has 0 unspecified atom stereocenters. The lowest BCUT2D eigenvalue weighted by Crippen LogP contribution is -2.42. The molecule has 1 fully saturated rings. The summed E-state index contributed by atoms with van der Waals surface area (Å²) in [5, 5.41) is 10.1. The van der Waals surface area contributed by atoms with Gasteiger partial charge in [0.15, 0.2) is 0 Å². The molecule has 6 atom stereocenters. The van der Waals surface area contributed by atoms with Crippen LogP contribution in [0.1, 0.15) is 92.4 Å². The van der Waals surface area contributed by atoms with E-state index in [9.17, 15) is 5.11 Å². The van der Waals surface area contributed by atoms with E-state index < -0.39 is 0 Å². The van der Waals surface area contributed by atoms with Crippen LogP contribution in [0.15, 0.2) is 34.9 Å². The van der Waals surface area contributed by atoms with Crippen molar-refractivity contribution in [2.24, 2.45) is 34.5 Å². The van der Waals surface area contributed by atoms with Gasteiger partial charge in [0.25, 0.3) is 0 Å². The third-order valence-electron chi connectivity index (χ3n) is 9.22. The molecule has 0 radical (unpaired) electrons. The van der Waals surface area contributed by atoms with E-state index in [4.69, 9.17) is 0 Å². The Kier molecular flexibility index (Phi) is 5.45. The normalized spacial score (nSPS) is 40.8. The van der Waals surface area contributed by atoms with Crippen LogP contribution in [-0.4, -0.2) is 11.2 Å². The monoisotopic (exact) mass is 382 g/mol. The first kappa shape index (κ1) is 20.5. The second-order valence-electron chi connectivity index (χ2n) is 11.4. The van der Waals surface area contributed by atoms with Crippen molar-refractivity contribution in [3.63, 3.8) is 0 Å². The van der Waals surface area contributed by atoms with Gasteiger partial charge in [0, 0.05) is 0 Å². The largest absolute Gasteiger partial charge is 0.389 e. The first-order valence-corrected chi connectivity index (χ1v) is 12.1. The van der Waals surface area contributed by atoms with Gasteiger partial charge in [0.1, 0.15) is 0 Å². The Morgan fingerprint density at radius 2 is 1.75 bits per heavy atom. The maximum absolute atomic E-state index is 10.1. The Morgan fingerprint density at radius 3 is 2.50 bits per heavy atom. The zero-order valence-electron chi connectivity index (χ0n) is 18.9. The number of hydrogen-bond acceptors (Lipinski definition) is 1. The first-order valence-electron chi connectivity index (χ1n) is 12.1. The molecule has 4 aliphatic rings. The molecule has 4 rings (SSSR count). The Morgan fingerprint density at radius 1 is 1.00 bits per heavy atom. The zero-order valence-corrected chi connectivity index (χ0v) is 18.9. The fourth-order valence-electron chi connectivity index (χ4n) is 7.46. The van der Waals surface area contributed by atoms with E-state index in [0.29, 0.717) is 11.3 Å². The summed E-state index contributed by atoms with van der Waals surface area (Å²) in [7, 11) is 0. The number of aliphatic hydroxyl groups is 1. The number of aliphatic hydroxyl groups excluding tert-OH is 1. The van der Waals surface area contributed by atoms with Crippen LogP contribution in [0.2, 0.25) is 0 Å². The van der Waals surface area contributed by atoms with Gasteiger partial charge >= 0.3 is 0 Å². The zero-order chi connectivity index (χ0) is 20.1. The van der Waals surface area contributed by atoms with Crippen molar-refractivity contribution < 1.29 is 5.11 Å². The van der Waals surface area contributed by atoms with Crippen molar-refractivity contribution in [3.05, 3.63) is 34.9 Å². The highest BCUT2D eigenvalue weighted by Gasteiger charge is 2.53. The van der Waals surface area contributed by atoms with Gasteiger partial charge in [-0.05, 0) is 84.2 Å². The van der Waals surface area contributed by atoms with Crippen molar-refractivity contribution in [1.29, 1.82) is 0 Å². The Bertz CT molecular complexity index is 695. The Hall–Kier alpha value is -0.820. The predicted octanol–water partition coefficient (Wildman–Crippen LogP) is 7.23. The minimum Gasteiger partial charge on any atom is -0.389 e. The molecule has 0 aromatic heterocycles. The van der Waals surface area contributed by atoms with Gasteiger partial charge in [0.2, 0.25) is 0 Å². The molecule has 1 heteroatoms. The number of rotatable bonds is 5. The summed E-state index contributed by atoms with van der Waals surface area (Å²) in [6.07, 6.45) is 18.4. The minimum absolute atomic E-state index is 0.238. The van der Waals surface area contributed by atoms with E-state index >= 15 is 0 Å². The van der Waals surface area contributed by atoms with Crippen LogP contribution in [0.5, 0.6) is 0 Å². The van der Waals surface area contributed by atoms with Gasteiger partial charge < -0.3 is 5.11 Å². The van der Waals surface area contributed by atoms with Crippen LogP contribution in [0, 0.1) is 34.5 Å². The van der Waals surface area contributed by atoms with Crippen molar-refractivity contribution in [2.45, 2.75) is 98.5 Å². The number of hydrogen-bond donors (Lipinski definition) is 1. The fourth-order valence-corrected chi connectivity index (χ4v) is 7.46. The highest BCUT2D eigenvalue weighted by atomic mass is 16.3. The molecule has 4 aliphatic carbocycles. The standard InChI is InChI=1S/C27H42O/c1-18(2)7-6-8-19(3)23-11-12-24-22-10-9-20-17-21(28)13-15-26(20,4)25(22)14-16-27(23,24)5/h9-10,17-19,21,23,25,28H,6-8,11-16H2,1-5H3/t19-,21+,23-,25-,26+,27-/m1/s1. The van der Waals surface area contributed by atoms with Crippen molar-refractivity contribution >= 4 is 0 Å². The van der Waals surface area contributed by atoms with Gasteiger partial charge in [-0.25, -0.2) is 0 Å². The first-order chi connectivity index (χ1) is 13.3. The fraction of sp³-hybridized carbons (Fsp3) is 0.778. The molecule has 0 aliphatic heterocycles. The SMILES string of the molecule is CC(C)CCC[C@@H](C)[C@H]1CCC2=C3C=CC4=C[C@@H](O)CC[C@]4(C)[C@@H]3CC[C@@]21C. The quantitative estimate of drug-likeness (QED) is 0.532. The molecule has 28 heavy (non-hydrogen) atoms.